The molecule has 0 aliphatic heterocycles. The Kier molecular flexibility index (Phi) is 5.70. The van der Waals surface area contributed by atoms with E-state index in [4.69, 9.17) is 5.73 Å². The lowest BCUT2D eigenvalue weighted by Crippen LogP contribution is -2.37. The molecular weight excluding hydrogens is 278 g/mol. The fourth-order valence-corrected chi connectivity index (χ4v) is 2.75. The Morgan fingerprint density at radius 2 is 2.05 bits per heavy atom. The second-order valence-corrected chi connectivity index (χ2v) is 5.95. The fraction of sp³-hybridized carbons (Fsp3) is 0.308. The van der Waals surface area contributed by atoms with Gasteiger partial charge in [-0.3, -0.25) is 4.79 Å². The molecule has 1 amide bonds. The van der Waals surface area contributed by atoms with Crippen LogP contribution in [0.1, 0.15) is 5.56 Å². The number of amides is 1. The summed E-state index contributed by atoms with van der Waals surface area (Å²) >= 11 is 0. The topological polar surface area (TPSA) is 92.5 Å². The summed E-state index contributed by atoms with van der Waals surface area (Å²) in [4.78, 5) is 11.4. The first-order chi connectivity index (χ1) is 9.43. The Hall–Kier alpha value is -1.88. The summed E-state index contributed by atoms with van der Waals surface area (Å²) in [7, 11) is -0.983. The molecule has 0 saturated heterocycles. The van der Waals surface area contributed by atoms with Crippen molar-refractivity contribution in [3.8, 4) is 11.8 Å². The van der Waals surface area contributed by atoms with Crippen LogP contribution < -0.4 is 11.1 Å². The number of hydrogen-bond acceptors (Lipinski definition) is 4. The molecule has 0 aromatic heterocycles. The molecule has 0 unspecified atom stereocenters. The molecule has 0 saturated carbocycles. The predicted octanol–water partition coefficient (Wildman–Crippen LogP) is -0.637. The van der Waals surface area contributed by atoms with E-state index in [0.717, 1.165) is 4.31 Å². The van der Waals surface area contributed by atoms with Crippen molar-refractivity contribution in [2.45, 2.75) is 4.90 Å². The molecule has 6 nitrogen and oxygen atoms in total. The molecule has 0 atom stereocenters. The number of benzene rings is 1. The second kappa shape index (κ2) is 7.05. The first-order valence-electron chi connectivity index (χ1n) is 5.88. The van der Waals surface area contributed by atoms with E-state index in [-0.39, 0.29) is 23.9 Å². The van der Waals surface area contributed by atoms with Gasteiger partial charge in [-0.15, -0.1) is 0 Å². The van der Waals surface area contributed by atoms with E-state index in [1.165, 1.54) is 20.2 Å². The SMILES string of the molecule is CNC(=O)CN(C)S(=O)(=O)c1ccccc1C#CCN. The lowest BCUT2D eigenvalue weighted by molar-refractivity contribution is -0.120. The predicted molar refractivity (Wildman–Crippen MR) is 76.3 cm³/mol. The van der Waals surface area contributed by atoms with Crippen molar-refractivity contribution in [1.82, 2.24) is 9.62 Å². The number of nitrogens with one attached hydrogen (secondary N) is 1. The number of carbonyl (C=O) groups excluding carboxylic acids is 1. The molecule has 1 aromatic carbocycles. The molecule has 0 bridgehead atoms. The normalized spacial score (nSPS) is 10.8. The van der Waals surface area contributed by atoms with E-state index in [9.17, 15) is 13.2 Å². The third-order valence-corrected chi connectivity index (χ3v) is 4.41. The zero-order chi connectivity index (χ0) is 15.2. The third-order valence-electron chi connectivity index (χ3n) is 2.55. The van der Waals surface area contributed by atoms with Crippen LogP contribution in [-0.2, 0) is 14.8 Å². The third kappa shape index (κ3) is 3.81. The van der Waals surface area contributed by atoms with Gasteiger partial charge in [0.25, 0.3) is 0 Å². The van der Waals surface area contributed by atoms with E-state index in [1.807, 2.05) is 0 Å². The maximum Gasteiger partial charge on any atom is 0.244 e. The number of sulfonamides is 1. The minimum atomic E-state index is -3.78. The summed E-state index contributed by atoms with van der Waals surface area (Å²) < 4.78 is 25.8. The lowest BCUT2D eigenvalue weighted by Gasteiger charge is -2.17. The summed E-state index contributed by atoms with van der Waals surface area (Å²) in [5, 5.41) is 2.38. The van der Waals surface area contributed by atoms with Gasteiger partial charge in [0.05, 0.1) is 18.0 Å². The number of nitrogens with zero attached hydrogens (tertiary/aromatic N) is 1. The zero-order valence-corrected chi connectivity index (χ0v) is 12.2. The Labute approximate surface area is 119 Å². The van der Waals surface area contributed by atoms with Crippen LogP contribution in [0.25, 0.3) is 0 Å². The minimum Gasteiger partial charge on any atom is -0.358 e. The Morgan fingerprint density at radius 3 is 2.65 bits per heavy atom. The van der Waals surface area contributed by atoms with E-state index >= 15 is 0 Å². The van der Waals surface area contributed by atoms with E-state index < -0.39 is 10.0 Å². The van der Waals surface area contributed by atoms with Gasteiger partial charge in [0, 0.05) is 19.7 Å². The summed E-state index contributed by atoms with van der Waals surface area (Å²) in [6.07, 6.45) is 0. The minimum absolute atomic E-state index is 0.0624. The average molecular weight is 295 g/mol. The highest BCUT2D eigenvalue weighted by Crippen LogP contribution is 2.18. The average Bonchev–Trinajstić information content (AvgIpc) is 2.45. The second-order valence-electron chi connectivity index (χ2n) is 3.94. The van der Waals surface area contributed by atoms with Gasteiger partial charge in [0.2, 0.25) is 15.9 Å². The molecule has 0 heterocycles. The van der Waals surface area contributed by atoms with Crippen LogP contribution in [0.4, 0.5) is 0 Å². The maximum absolute atomic E-state index is 12.4. The van der Waals surface area contributed by atoms with Crippen molar-refractivity contribution in [2.75, 3.05) is 27.2 Å². The molecule has 0 fully saturated rings. The quantitative estimate of drug-likeness (QED) is 0.723. The van der Waals surface area contributed by atoms with Crippen molar-refractivity contribution in [2.24, 2.45) is 5.73 Å². The van der Waals surface area contributed by atoms with Crippen LogP contribution in [0.3, 0.4) is 0 Å². The van der Waals surface area contributed by atoms with Gasteiger partial charge in [-0.2, -0.15) is 4.31 Å². The van der Waals surface area contributed by atoms with Crippen molar-refractivity contribution in [1.29, 1.82) is 0 Å². The Balaban J connectivity index is 3.19. The van der Waals surface area contributed by atoms with Crippen LogP contribution in [0, 0.1) is 11.8 Å². The maximum atomic E-state index is 12.4. The molecule has 20 heavy (non-hydrogen) atoms. The van der Waals surface area contributed by atoms with Crippen molar-refractivity contribution in [3.63, 3.8) is 0 Å². The largest absolute Gasteiger partial charge is 0.358 e. The zero-order valence-electron chi connectivity index (χ0n) is 11.4. The van der Waals surface area contributed by atoms with Crippen molar-refractivity contribution in [3.05, 3.63) is 29.8 Å². The monoisotopic (exact) mass is 295 g/mol. The highest BCUT2D eigenvalue weighted by molar-refractivity contribution is 7.89. The summed E-state index contributed by atoms with van der Waals surface area (Å²) in [6, 6.07) is 6.35. The van der Waals surface area contributed by atoms with Crippen LogP contribution >= 0.6 is 0 Å². The Morgan fingerprint density at radius 1 is 1.40 bits per heavy atom. The van der Waals surface area contributed by atoms with Gasteiger partial charge in [0.1, 0.15) is 0 Å². The van der Waals surface area contributed by atoms with Gasteiger partial charge in [-0.1, -0.05) is 24.0 Å². The van der Waals surface area contributed by atoms with Gasteiger partial charge >= 0.3 is 0 Å². The fourth-order valence-electron chi connectivity index (χ4n) is 1.48. The number of nitrogens with two attached hydrogens (primary N) is 1. The number of rotatable bonds is 4. The number of hydrogen-bond donors (Lipinski definition) is 2. The summed E-state index contributed by atoms with van der Waals surface area (Å²) in [6.45, 7) is -0.111. The molecule has 0 aliphatic rings. The summed E-state index contributed by atoms with van der Waals surface area (Å²) in [5.74, 6) is 4.96. The smallest absolute Gasteiger partial charge is 0.244 e. The van der Waals surface area contributed by atoms with Crippen LogP contribution in [-0.4, -0.2) is 45.8 Å². The first-order valence-corrected chi connectivity index (χ1v) is 7.32. The standard InChI is InChI=1S/C13H17N3O3S/c1-15-13(17)10-16(2)20(18,19)12-8-4-3-6-11(12)7-5-9-14/h3-4,6,8H,9-10,14H2,1-2H3,(H,15,17). The molecule has 0 spiro atoms. The molecule has 3 N–H and O–H groups in total. The molecule has 108 valence electrons. The van der Waals surface area contributed by atoms with Gasteiger partial charge < -0.3 is 11.1 Å². The Bertz CT molecular complexity index is 644. The highest BCUT2D eigenvalue weighted by atomic mass is 32.2. The molecule has 7 heteroatoms. The van der Waals surface area contributed by atoms with Crippen molar-refractivity contribution >= 4 is 15.9 Å². The molecule has 0 aliphatic carbocycles. The van der Waals surface area contributed by atoms with Gasteiger partial charge in [-0.05, 0) is 12.1 Å². The van der Waals surface area contributed by atoms with Gasteiger partial charge in [0.15, 0.2) is 0 Å². The van der Waals surface area contributed by atoms with Crippen molar-refractivity contribution < 1.29 is 13.2 Å². The summed E-state index contributed by atoms with van der Waals surface area (Å²) in [5.41, 5.74) is 5.66. The first kappa shape index (κ1) is 16.2. The number of likely N-dealkylation sites (N-methyl/N-ethyl adjacent to an activating group) is 2. The van der Waals surface area contributed by atoms with Crippen LogP contribution in [0.5, 0.6) is 0 Å². The van der Waals surface area contributed by atoms with Gasteiger partial charge in [-0.25, -0.2) is 8.42 Å². The van der Waals surface area contributed by atoms with E-state index in [2.05, 4.69) is 17.2 Å². The lowest BCUT2D eigenvalue weighted by atomic mass is 10.2. The van der Waals surface area contributed by atoms with E-state index in [0.29, 0.717) is 5.56 Å². The molecule has 1 rings (SSSR count). The molecular formula is C13H17N3O3S. The highest BCUT2D eigenvalue weighted by Gasteiger charge is 2.24. The molecule has 0 radical (unpaired) electrons. The van der Waals surface area contributed by atoms with Crippen LogP contribution in [0.2, 0.25) is 0 Å². The van der Waals surface area contributed by atoms with E-state index in [1.54, 1.807) is 18.2 Å². The molecule has 1 aromatic rings. The van der Waals surface area contributed by atoms with Crippen LogP contribution in [0.15, 0.2) is 29.2 Å². The number of carbonyl (C=O) groups is 1.